The van der Waals surface area contributed by atoms with Crippen molar-refractivity contribution in [3.05, 3.63) is 60.0 Å². The Kier molecular flexibility index (Phi) is 7.21. The summed E-state index contributed by atoms with van der Waals surface area (Å²) < 4.78 is 60.6. The molecule has 0 bridgehead atoms. The number of rotatable bonds is 7. The molecule has 2 saturated heterocycles. The van der Waals surface area contributed by atoms with Crippen LogP contribution in [0.3, 0.4) is 0 Å². The third kappa shape index (κ3) is 5.55. The predicted octanol–water partition coefficient (Wildman–Crippen LogP) is 3.91. The van der Waals surface area contributed by atoms with Gasteiger partial charge in [0, 0.05) is 56.9 Å². The van der Waals surface area contributed by atoms with E-state index in [2.05, 4.69) is 15.2 Å². The van der Waals surface area contributed by atoms with E-state index < -0.39 is 35.8 Å². The summed E-state index contributed by atoms with van der Waals surface area (Å²) in [4.78, 5) is 33.2. The van der Waals surface area contributed by atoms with Crippen LogP contribution in [0.4, 0.5) is 28.0 Å². The van der Waals surface area contributed by atoms with Gasteiger partial charge in [0.05, 0.1) is 17.8 Å². The zero-order valence-electron chi connectivity index (χ0n) is 20.5. The monoisotopic (exact) mass is 548 g/mol. The van der Waals surface area contributed by atoms with E-state index >= 15 is 4.39 Å². The van der Waals surface area contributed by atoms with Gasteiger partial charge in [-0.05, 0) is 30.3 Å². The van der Waals surface area contributed by atoms with Gasteiger partial charge in [0.15, 0.2) is 5.67 Å². The molecular weight excluding hydrogens is 524 g/mol. The molecule has 0 unspecified atom stereocenters. The quantitative estimate of drug-likeness (QED) is 0.442. The number of carboxylic acid groups (broad SMARTS) is 1. The standard InChI is InChI=1S/C25H24F4N6O4/c26-16-2-1-3-18(10-16)35(12-17-5-4-15(11-30-17)21-31-32-22(39-21)20(27)28)23(36)25(29)6-8-33(9-7-25)19-13-34(14-19)24(37)38/h1-5,10-11,19-20H,6-9,12-14H2,(H,37,38). The van der Waals surface area contributed by atoms with E-state index in [1.54, 1.807) is 0 Å². The first-order chi connectivity index (χ1) is 18.6. The SMILES string of the molecule is O=C(O)N1CC(N2CCC(F)(C(=O)N(Cc3ccc(-c4nnc(C(F)F)o4)cn3)c3cccc(F)c3)CC2)C1. The fraction of sp³-hybridized carbons (Fsp3) is 0.400. The normalized spacial score (nSPS) is 17.7. The van der Waals surface area contributed by atoms with Gasteiger partial charge in [-0.15, -0.1) is 10.2 Å². The van der Waals surface area contributed by atoms with Crippen LogP contribution in [0.25, 0.3) is 11.5 Å². The minimum atomic E-state index is -2.92. The number of aromatic nitrogens is 3. The fourth-order valence-electron chi connectivity index (χ4n) is 4.71. The molecule has 2 fully saturated rings. The lowest BCUT2D eigenvalue weighted by atomic mass is 9.89. The molecule has 0 radical (unpaired) electrons. The smallest absolute Gasteiger partial charge is 0.407 e. The third-order valence-corrected chi connectivity index (χ3v) is 7.01. The summed E-state index contributed by atoms with van der Waals surface area (Å²) in [6, 6.07) is 8.22. The Morgan fingerprint density at radius 1 is 1.15 bits per heavy atom. The Morgan fingerprint density at radius 3 is 2.49 bits per heavy atom. The first-order valence-corrected chi connectivity index (χ1v) is 12.2. The Balaban J connectivity index is 1.31. The van der Waals surface area contributed by atoms with Crippen molar-refractivity contribution in [3.8, 4) is 11.5 Å². The highest BCUT2D eigenvalue weighted by Crippen LogP contribution is 2.34. The molecular formula is C25H24F4N6O4. The van der Waals surface area contributed by atoms with E-state index in [1.807, 2.05) is 4.90 Å². The average molecular weight is 548 g/mol. The fourth-order valence-corrected chi connectivity index (χ4v) is 4.71. The highest BCUT2D eigenvalue weighted by atomic mass is 19.3. The number of likely N-dealkylation sites (tertiary alicyclic amines) is 2. The highest BCUT2D eigenvalue weighted by molar-refractivity contribution is 5.99. The number of amides is 2. The summed E-state index contributed by atoms with van der Waals surface area (Å²) in [5.74, 6) is -2.42. The number of nitrogens with zero attached hydrogens (tertiary/aromatic N) is 6. The van der Waals surface area contributed by atoms with Crippen molar-refractivity contribution in [2.45, 2.75) is 37.5 Å². The molecule has 4 heterocycles. The molecule has 2 aliphatic heterocycles. The molecule has 3 aromatic rings. The van der Waals surface area contributed by atoms with Crippen molar-refractivity contribution < 1.29 is 36.7 Å². The molecule has 10 nitrogen and oxygen atoms in total. The van der Waals surface area contributed by atoms with Crippen LogP contribution in [-0.2, 0) is 11.3 Å². The summed E-state index contributed by atoms with van der Waals surface area (Å²) in [5, 5.41) is 15.9. The van der Waals surface area contributed by atoms with Gasteiger partial charge in [0.2, 0.25) is 5.89 Å². The molecule has 0 saturated carbocycles. The Labute approximate surface area is 219 Å². The maximum absolute atomic E-state index is 16.1. The van der Waals surface area contributed by atoms with Crippen LogP contribution < -0.4 is 4.90 Å². The van der Waals surface area contributed by atoms with Gasteiger partial charge >= 0.3 is 12.5 Å². The lowest BCUT2D eigenvalue weighted by molar-refractivity contribution is -0.134. The molecule has 0 spiro atoms. The number of piperidine rings is 1. The third-order valence-electron chi connectivity index (χ3n) is 7.01. The van der Waals surface area contributed by atoms with Gasteiger partial charge in [-0.2, -0.15) is 8.78 Å². The molecule has 0 atom stereocenters. The van der Waals surface area contributed by atoms with Crippen LogP contribution in [0.2, 0.25) is 0 Å². The molecule has 2 amide bonds. The zero-order valence-corrected chi connectivity index (χ0v) is 20.5. The topological polar surface area (TPSA) is 116 Å². The molecule has 5 rings (SSSR count). The number of carbonyl (C=O) groups excluding carboxylic acids is 1. The van der Waals surface area contributed by atoms with Crippen LogP contribution in [0.15, 0.2) is 47.0 Å². The first-order valence-electron chi connectivity index (χ1n) is 12.2. The summed E-state index contributed by atoms with van der Waals surface area (Å²) in [5.41, 5.74) is -1.46. The van der Waals surface area contributed by atoms with Crippen molar-refractivity contribution in [2.24, 2.45) is 0 Å². The minimum Gasteiger partial charge on any atom is -0.465 e. The number of hydrogen-bond donors (Lipinski definition) is 1. The van der Waals surface area contributed by atoms with Gasteiger partial charge < -0.3 is 19.3 Å². The molecule has 206 valence electrons. The summed E-state index contributed by atoms with van der Waals surface area (Å²) in [7, 11) is 0. The summed E-state index contributed by atoms with van der Waals surface area (Å²) in [6.07, 6.45) is -2.82. The number of anilines is 1. The van der Waals surface area contributed by atoms with E-state index in [1.165, 1.54) is 41.4 Å². The van der Waals surface area contributed by atoms with Crippen LogP contribution >= 0.6 is 0 Å². The number of carbonyl (C=O) groups is 2. The molecule has 39 heavy (non-hydrogen) atoms. The van der Waals surface area contributed by atoms with Gasteiger partial charge in [-0.3, -0.25) is 14.7 Å². The van der Waals surface area contributed by atoms with Crippen LogP contribution in [-0.4, -0.2) is 80.0 Å². The van der Waals surface area contributed by atoms with E-state index in [9.17, 15) is 22.8 Å². The van der Waals surface area contributed by atoms with Crippen LogP contribution in [0.1, 0.15) is 30.9 Å². The minimum absolute atomic E-state index is 0.0154. The maximum atomic E-state index is 16.1. The van der Waals surface area contributed by atoms with Gasteiger partial charge in [-0.25, -0.2) is 13.6 Å². The zero-order chi connectivity index (χ0) is 27.7. The molecule has 0 aliphatic carbocycles. The van der Waals surface area contributed by atoms with Crippen molar-refractivity contribution >= 4 is 17.7 Å². The number of benzene rings is 1. The second-order valence-electron chi connectivity index (χ2n) is 9.50. The van der Waals surface area contributed by atoms with Crippen LogP contribution in [0.5, 0.6) is 0 Å². The number of halogens is 4. The van der Waals surface area contributed by atoms with E-state index in [0.717, 1.165) is 11.0 Å². The second kappa shape index (κ2) is 10.6. The Bertz CT molecular complexity index is 1340. The molecule has 2 aliphatic rings. The molecule has 14 heteroatoms. The molecule has 2 aromatic heterocycles. The number of alkyl halides is 3. The highest BCUT2D eigenvalue weighted by Gasteiger charge is 2.47. The van der Waals surface area contributed by atoms with Crippen molar-refractivity contribution in [3.63, 3.8) is 0 Å². The first kappa shape index (κ1) is 26.5. The predicted molar refractivity (Wildman–Crippen MR) is 128 cm³/mol. The van der Waals surface area contributed by atoms with Crippen molar-refractivity contribution in [1.82, 2.24) is 25.0 Å². The van der Waals surface area contributed by atoms with E-state index in [4.69, 9.17) is 9.52 Å². The number of hydrogen-bond acceptors (Lipinski definition) is 7. The Morgan fingerprint density at radius 2 is 1.90 bits per heavy atom. The lowest BCUT2D eigenvalue weighted by Crippen LogP contribution is -2.63. The summed E-state index contributed by atoms with van der Waals surface area (Å²) >= 11 is 0. The maximum Gasteiger partial charge on any atom is 0.407 e. The average Bonchev–Trinajstić information content (AvgIpc) is 3.38. The second-order valence-corrected chi connectivity index (χ2v) is 9.50. The lowest BCUT2D eigenvalue weighted by Gasteiger charge is -2.47. The van der Waals surface area contributed by atoms with E-state index in [-0.39, 0.29) is 55.7 Å². The molecule has 1 N–H and O–H groups in total. The largest absolute Gasteiger partial charge is 0.465 e. The van der Waals surface area contributed by atoms with Crippen molar-refractivity contribution in [1.29, 1.82) is 0 Å². The molecule has 1 aromatic carbocycles. The van der Waals surface area contributed by atoms with Gasteiger partial charge in [0.1, 0.15) is 5.82 Å². The number of pyridine rings is 1. The van der Waals surface area contributed by atoms with Crippen molar-refractivity contribution in [2.75, 3.05) is 31.1 Å². The van der Waals surface area contributed by atoms with E-state index in [0.29, 0.717) is 18.8 Å². The van der Waals surface area contributed by atoms with Gasteiger partial charge in [-0.1, -0.05) is 6.07 Å². The van der Waals surface area contributed by atoms with Crippen LogP contribution in [0, 0.1) is 5.82 Å². The van der Waals surface area contributed by atoms with Gasteiger partial charge in [0.25, 0.3) is 11.8 Å². The Hall–Kier alpha value is -4.07. The summed E-state index contributed by atoms with van der Waals surface area (Å²) in [6.45, 7) is 1.05.